The lowest BCUT2D eigenvalue weighted by atomic mass is 9.84. The SMILES string of the molecule is CCCN1CCCCC1C(CN)c1cc(C)ccc1OC. The second-order valence-electron chi connectivity index (χ2n) is 6.19. The van der Waals surface area contributed by atoms with Gasteiger partial charge < -0.3 is 10.5 Å². The van der Waals surface area contributed by atoms with Crippen molar-refractivity contribution in [1.29, 1.82) is 0 Å². The van der Waals surface area contributed by atoms with E-state index in [9.17, 15) is 0 Å². The average molecular weight is 290 g/mol. The average Bonchev–Trinajstić information content (AvgIpc) is 2.50. The van der Waals surface area contributed by atoms with Crippen LogP contribution in [-0.4, -0.2) is 37.7 Å². The highest BCUT2D eigenvalue weighted by atomic mass is 16.5. The molecule has 2 unspecified atom stereocenters. The lowest BCUT2D eigenvalue weighted by Gasteiger charge is -2.40. The summed E-state index contributed by atoms with van der Waals surface area (Å²) in [6.07, 6.45) is 5.09. The Bertz CT molecular complexity index is 445. The minimum Gasteiger partial charge on any atom is -0.496 e. The van der Waals surface area contributed by atoms with Crippen LogP contribution in [0.5, 0.6) is 5.75 Å². The van der Waals surface area contributed by atoms with Crippen LogP contribution in [0.1, 0.15) is 49.7 Å². The van der Waals surface area contributed by atoms with Gasteiger partial charge in [-0.15, -0.1) is 0 Å². The molecule has 1 aliphatic rings. The fraction of sp³-hybridized carbons (Fsp3) is 0.667. The fourth-order valence-corrected chi connectivity index (χ4v) is 3.67. The molecule has 1 aromatic rings. The van der Waals surface area contributed by atoms with E-state index in [1.807, 2.05) is 0 Å². The Kier molecular flexibility index (Phi) is 6.07. The van der Waals surface area contributed by atoms with Gasteiger partial charge in [0.25, 0.3) is 0 Å². The normalized spacial score (nSPS) is 21.2. The molecule has 1 aromatic carbocycles. The summed E-state index contributed by atoms with van der Waals surface area (Å²) in [4.78, 5) is 2.64. The Morgan fingerprint density at radius 1 is 1.38 bits per heavy atom. The molecular formula is C18H30N2O. The van der Waals surface area contributed by atoms with E-state index in [2.05, 4.69) is 36.9 Å². The summed E-state index contributed by atoms with van der Waals surface area (Å²) in [6, 6.07) is 7.01. The number of methoxy groups -OCH3 is 1. The molecule has 0 spiro atoms. The van der Waals surface area contributed by atoms with Gasteiger partial charge >= 0.3 is 0 Å². The van der Waals surface area contributed by atoms with Crippen molar-refractivity contribution in [3.8, 4) is 5.75 Å². The zero-order valence-electron chi connectivity index (χ0n) is 13.8. The highest BCUT2D eigenvalue weighted by Gasteiger charge is 2.31. The van der Waals surface area contributed by atoms with Crippen LogP contribution in [-0.2, 0) is 0 Å². The molecule has 0 radical (unpaired) electrons. The molecule has 3 nitrogen and oxygen atoms in total. The van der Waals surface area contributed by atoms with E-state index in [1.54, 1.807) is 7.11 Å². The predicted molar refractivity (Wildman–Crippen MR) is 89.0 cm³/mol. The third-order valence-corrected chi connectivity index (χ3v) is 4.68. The van der Waals surface area contributed by atoms with Gasteiger partial charge in [-0.25, -0.2) is 0 Å². The largest absolute Gasteiger partial charge is 0.496 e. The molecule has 0 bridgehead atoms. The molecule has 1 saturated heterocycles. The Morgan fingerprint density at radius 3 is 2.86 bits per heavy atom. The van der Waals surface area contributed by atoms with Crippen LogP contribution in [0.3, 0.4) is 0 Å². The molecule has 21 heavy (non-hydrogen) atoms. The van der Waals surface area contributed by atoms with E-state index in [0.717, 1.165) is 5.75 Å². The molecular weight excluding hydrogens is 260 g/mol. The first-order valence-corrected chi connectivity index (χ1v) is 8.29. The van der Waals surface area contributed by atoms with Gasteiger partial charge in [0.2, 0.25) is 0 Å². The third-order valence-electron chi connectivity index (χ3n) is 4.68. The fourth-order valence-electron chi connectivity index (χ4n) is 3.67. The molecule has 118 valence electrons. The number of hydrogen-bond acceptors (Lipinski definition) is 3. The van der Waals surface area contributed by atoms with Crippen LogP contribution in [0.2, 0.25) is 0 Å². The predicted octanol–water partition coefficient (Wildman–Crippen LogP) is 3.31. The van der Waals surface area contributed by atoms with Gasteiger partial charge in [0.05, 0.1) is 7.11 Å². The second kappa shape index (κ2) is 7.81. The minimum atomic E-state index is 0.367. The summed E-state index contributed by atoms with van der Waals surface area (Å²) in [5.74, 6) is 1.35. The summed E-state index contributed by atoms with van der Waals surface area (Å²) in [5, 5.41) is 0. The van der Waals surface area contributed by atoms with Gasteiger partial charge in [-0.1, -0.05) is 31.0 Å². The number of hydrogen-bond donors (Lipinski definition) is 1. The van der Waals surface area contributed by atoms with Gasteiger partial charge in [-0.2, -0.15) is 0 Å². The summed E-state index contributed by atoms with van der Waals surface area (Å²) < 4.78 is 5.60. The Hall–Kier alpha value is -1.06. The van der Waals surface area contributed by atoms with Crippen LogP contribution < -0.4 is 10.5 Å². The smallest absolute Gasteiger partial charge is 0.122 e. The van der Waals surface area contributed by atoms with E-state index in [-0.39, 0.29) is 0 Å². The van der Waals surface area contributed by atoms with Crippen molar-refractivity contribution in [2.75, 3.05) is 26.7 Å². The van der Waals surface area contributed by atoms with Gasteiger partial charge in [-0.05, 0) is 45.3 Å². The van der Waals surface area contributed by atoms with Crippen molar-refractivity contribution in [2.24, 2.45) is 5.73 Å². The second-order valence-corrected chi connectivity index (χ2v) is 6.19. The minimum absolute atomic E-state index is 0.367. The van der Waals surface area contributed by atoms with Crippen LogP contribution in [0.15, 0.2) is 18.2 Å². The first-order chi connectivity index (χ1) is 10.2. The zero-order valence-corrected chi connectivity index (χ0v) is 13.8. The highest BCUT2D eigenvalue weighted by Crippen LogP contribution is 2.35. The quantitative estimate of drug-likeness (QED) is 0.873. The summed E-state index contributed by atoms with van der Waals surface area (Å²) in [5.41, 5.74) is 8.75. The standard InChI is InChI=1S/C18H30N2O/c1-4-10-20-11-6-5-7-17(20)16(13-19)15-12-14(2)8-9-18(15)21-3/h8-9,12,16-17H,4-7,10-11,13,19H2,1-3H3. The van der Waals surface area contributed by atoms with Gasteiger partial charge in [0.15, 0.2) is 0 Å². The summed E-state index contributed by atoms with van der Waals surface area (Å²) in [6.45, 7) is 7.47. The molecule has 1 heterocycles. The lowest BCUT2D eigenvalue weighted by Crippen LogP contribution is -2.45. The Balaban J connectivity index is 2.31. The van der Waals surface area contributed by atoms with Crippen molar-refractivity contribution in [1.82, 2.24) is 4.90 Å². The van der Waals surface area contributed by atoms with Crippen molar-refractivity contribution < 1.29 is 4.74 Å². The molecule has 3 heteroatoms. The molecule has 1 aliphatic heterocycles. The van der Waals surface area contributed by atoms with E-state index in [1.165, 1.54) is 49.9 Å². The Labute approximate surface area is 129 Å². The number of nitrogens with zero attached hydrogens (tertiary/aromatic N) is 1. The number of nitrogens with two attached hydrogens (primary N) is 1. The maximum atomic E-state index is 6.19. The van der Waals surface area contributed by atoms with E-state index < -0.39 is 0 Å². The van der Waals surface area contributed by atoms with E-state index in [4.69, 9.17) is 10.5 Å². The van der Waals surface area contributed by atoms with Crippen LogP contribution in [0, 0.1) is 6.92 Å². The topological polar surface area (TPSA) is 38.5 Å². The molecule has 0 aliphatic carbocycles. The molecule has 1 fully saturated rings. The van der Waals surface area contributed by atoms with Crippen molar-refractivity contribution in [3.63, 3.8) is 0 Å². The molecule has 2 atom stereocenters. The number of ether oxygens (including phenoxy) is 1. The number of likely N-dealkylation sites (tertiary alicyclic amines) is 1. The monoisotopic (exact) mass is 290 g/mol. The van der Waals surface area contributed by atoms with Crippen molar-refractivity contribution in [2.45, 2.75) is 51.5 Å². The highest BCUT2D eigenvalue weighted by molar-refractivity contribution is 5.40. The number of benzene rings is 1. The third kappa shape index (κ3) is 3.78. The van der Waals surface area contributed by atoms with Gasteiger partial charge in [0, 0.05) is 24.1 Å². The van der Waals surface area contributed by atoms with Crippen LogP contribution in [0.25, 0.3) is 0 Å². The van der Waals surface area contributed by atoms with Crippen LogP contribution in [0.4, 0.5) is 0 Å². The molecule has 0 aromatic heterocycles. The van der Waals surface area contributed by atoms with Crippen LogP contribution >= 0.6 is 0 Å². The maximum absolute atomic E-state index is 6.19. The molecule has 2 N–H and O–H groups in total. The first-order valence-electron chi connectivity index (χ1n) is 8.29. The number of piperidine rings is 1. The molecule has 0 saturated carbocycles. The van der Waals surface area contributed by atoms with E-state index >= 15 is 0 Å². The van der Waals surface area contributed by atoms with Crippen molar-refractivity contribution >= 4 is 0 Å². The zero-order chi connectivity index (χ0) is 15.2. The first kappa shape index (κ1) is 16.3. The number of rotatable bonds is 6. The lowest BCUT2D eigenvalue weighted by molar-refractivity contribution is 0.126. The summed E-state index contributed by atoms with van der Waals surface area (Å²) in [7, 11) is 1.76. The molecule has 2 rings (SSSR count). The van der Waals surface area contributed by atoms with E-state index in [0.29, 0.717) is 18.5 Å². The summed E-state index contributed by atoms with van der Waals surface area (Å²) >= 11 is 0. The van der Waals surface area contributed by atoms with Gasteiger partial charge in [0.1, 0.15) is 5.75 Å². The number of aryl methyl sites for hydroxylation is 1. The van der Waals surface area contributed by atoms with Gasteiger partial charge in [-0.3, -0.25) is 4.90 Å². The maximum Gasteiger partial charge on any atom is 0.122 e. The Morgan fingerprint density at radius 2 is 2.19 bits per heavy atom. The van der Waals surface area contributed by atoms with Crippen molar-refractivity contribution in [3.05, 3.63) is 29.3 Å². The molecule has 0 amide bonds.